The van der Waals surface area contributed by atoms with E-state index in [0.29, 0.717) is 5.92 Å². The average molecular weight is 293 g/mol. The van der Waals surface area contributed by atoms with Crippen LogP contribution in [0.1, 0.15) is 40.5 Å². The third-order valence-electron chi connectivity index (χ3n) is 5.34. The Morgan fingerprint density at radius 2 is 1.52 bits per heavy atom. The lowest BCUT2D eigenvalue weighted by Crippen LogP contribution is -2.49. The first-order valence-electron chi connectivity index (χ1n) is 8.87. The highest BCUT2D eigenvalue weighted by atomic mass is 15.3. The molecular formula is C18H35N3. The minimum absolute atomic E-state index is 0.580. The Bertz CT molecular complexity index is 321. The average Bonchev–Trinajstić information content (AvgIpc) is 2.47. The predicted molar refractivity (Wildman–Crippen MR) is 91.4 cm³/mol. The first-order chi connectivity index (χ1) is 9.97. The normalized spacial score (nSPS) is 23.2. The van der Waals surface area contributed by atoms with Gasteiger partial charge in [-0.25, -0.2) is 0 Å². The number of hydrogen-bond acceptors (Lipinski definition) is 3. The van der Waals surface area contributed by atoms with Gasteiger partial charge in [0.2, 0.25) is 0 Å². The fourth-order valence-corrected chi connectivity index (χ4v) is 3.60. The van der Waals surface area contributed by atoms with Gasteiger partial charge in [0.15, 0.2) is 0 Å². The molecule has 0 aromatic heterocycles. The number of rotatable bonds is 5. The zero-order valence-corrected chi connectivity index (χ0v) is 14.6. The van der Waals surface area contributed by atoms with E-state index < -0.39 is 0 Å². The van der Waals surface area contributed by atoms with Crippen LogP contribution in [0, 0.1) is 11.8 Å². The van der Waals surface area contributed by atoms with Gasteiger partial charge < -0.3 is 9.80 Å². The lowest BCUT2D eigenvalue weighted by molar-refractivity contribution is 0.0951. The van der Waals surface area contributed by atoms with Crippen LogP contribution in [0.5, 0.6) is 0 Å². The molecule has 0 aromatic rings. The van der Waals surface area contributed by atoms with Crippen molar-refractivity contribution >= 4 is 0 Å². The molecule has 2 aliphatic heterocycles. The Morgan fingerprint density at radius 3 is 2.00 bits per heavy atom. The van der Waals surface area contributed by atoms with Crippen molar-refractivity contribution in [2.45, 2.75) is 46.6 Å². The fraction of sp³-hybridized carbons (Fsp3) is 0.889. The van der Waals surface area contributed by atoms with Crippen LogP contribution in [0.15, 0.2) is 12.3 Å². The molecule has 0 spiro atoms. The third kappa shape index (κ3) is 4.72. The second-order valence-corrected chi connectivity index (χ2v) is 7.51. The number of allylic oxidation sites excluding steroid dienone is 1. The molecule has 2 fully saturated rings. The summed E-state index contributed by atoms with van der Waals surface area (Å²) in [6, 6.07) is 0.719. The summed E-state index contributed by atoms with van der Waals surface area (Å²) in [7, 11) is 0. The van der Waals surface area contributed by atoms with Crippen LogP contribution >= 0.6 is 0 Å². The highest BCUT2D eigenvalue weighted by molar-refractivity contribution is 4.99. The van der Waals surface area contributed by atoms with Crippen LogP contribution in [-0.2, 0) is 0 Å². The number of hydrogen-bond donors (Lipinski definition) is 0. The Hall–Kier alpha value is -0.540. The molecule has 122 valence electrons. The molecule has 0 atom stereocenters. The van der Waals surface area contributed by atoms with Gasteiger partial charge >= 0.3 is 0 Å². The van der Waals surface area contributed by atoms with Gasteiger partial charge in [0.05, 0.1) is 0 Å². The predicted octanol–water partition coefficient (Wildman–Crippen LogP) is 2.89. The van der Waals surface area contributed by atoms with Crippen LogP contribution in [-0.4, -0.2) is 66.6 Å². The maximum Gasteiger partial charge on any atom is 0.0303 e. The van der Waals surface area contributed by atoms with Crippen LogP contribution in [0.25, 0.3) is 0 Å². The lowest BCUT2D eigenvalue weighted by atomic mass is 9.95. The van der Waals surface area contributed by atoms with Gasteiger partial charge in [-0.15, -0.1) is 0 Å². The summed E-state index contributed by atoms with van der Waals surface area (Å²) >= 11 is 0. The van der Waals surface area contributed by atoms with Gasteiger partial charge in [-0.2, -0.15) is 0 Å². The summed E-state index contributed by atoms with van der Waals surface area (Å²) in [6.45, 7) is 22.1. The maximum absolute atomic E-state index is 4.25. The van der Waals surface area contributed by atoms with Gasteiger partial charge in [-0.05, 0) is 51.6 Å². The standard InChI is InChI=1S/C18H35N3/c1-15(2)17(5)21-12-10-19(11-13-21)14-18-6-8-20(9-7-18)16(3)4/h15-16,18H,5-14H2,1-4H3. The summed E-state index contributed by atoms with van der Waals surface area (Å²) in [5.74, 6) is 1.50. The first-order valence-corrected chi connectivity index (χ1v) is 8.87. The van der Waals surface area contributed by atoms with Gasteiger partial charge in [0.25, 0.3) is 0 Å². The molecule has 0 radical (unpaired) electrons. The minimum Gasteiger partial charge on any atom is -0.373 e. The first kappa shape index (κ1) is 16.8. The van der Waals surface area contributed by atoms with Crippen molar-refractivity contribution in [1.82, 2.24) is 14.7 Å². The Labute approximate surface area is 132 Å². The van der Waals surface area contributed by atoms with Crippen LogP contribution < -0.4 is 0 Å². The van der Waals surface area contributed by atoms with E-state index in [2.05, 4.69) is 49.0 Å². The summed E-state index contributed by atoms with van der Waals surface area (Å²) in [4.78, 5) is 7.80. The molecule has 2 rings (SSSR count). The molecule has 0 bridgehead atoms. The zero-order chi connectivity index (χ0) is 15.4. The highest BCUT2D eigenvalue weighted by Crippen LogP contribution is 2.21. The summed E-state index contributed by atoms with van der Waals surface area (Å²) < 4.78 is 0. The molecule has 0 aliphatic carbocycles. The number of piperidine rings is 1. The van der Waals surface area contributed by atoms with Gasteiger partial charge in [0, 0.05) is 44.5 Å². The fourth-order valence-electron chi connectivity index (χ4n) is 3.60. The lowest BCUT2D eigenvalue weighted by Gasteiger charge is -2.41. The molecule has 21 heavy (non-hydrogen) atoms. The molecule has 0 saturated carbocycles. The highest BCUT2D eigenvalue weighted by Gasteiger charge is 2.25. The number of likely N-dealkylation sites (tertiary alicyclic amines) is 1. The summed E-state index contributed by atoms with van der Waals surface area (Å²) in [5, 5.41) is 0. The van der Waals surface area contributed by atoms with E-state index in [1.54, 1.807) is 0 Å². The van der Waals surface area contributed by atoms with Crippen LogP contribution in [0.4, 0.5) is 0 Å². The molecule has 0 unspecified atom stereocenters. The van der Waals surface area contributed by atoms with E-state index >= 15 is 0 Å². The topological polar surface area (TPSA) is 9.72 Å². The largest absolute Gasteiger partial charge is 0.373 e. The van der Waals surface area contributed by atoms with Crippen molar-refractivity contribution in [3.05, 3.63) is 12.3 Å². The second-order valence-electron chi connectivity index (χ2n) is 7.51. The molecule has 3 nitrogen and oxygen atoms in total. The van der Waals surface area contributed by atoms with Crippen molar-refractivity contribution in [3.63, 3.8) is 0 Å². The molecule has 2 heterocycles. The second kappa shape index (κ2) is 7.64. The Kier molecular flexibility index (Phi) is 6.12. The molecule has 0 N–H and O–H groups in total. The number of nitrogens with zero attached hydrogens (tertiary/aromatic N) is 3. The van der Waals surface area contributed by atoms with E-state index in [4.69, 9.17) is 0 Å². The van der Waals surface area contributed by atoms with Crippen LogP contribution in [0.2, 0.25) is 0 Å². The quantitative estimate of drug-likeness (QED) is 0.772. The molecule has 0 amide bonds. The van der Waals surface area contributed by atoms with Gasteiger partial charge in [0.1, 0.15) is 0 Å². The Balaban J connectivity index is 1.69. The SMILES string of the molecule is C=C(C(C)C)N1CCN(CC2CCN(C(C)C)CC2)CC1. The van der Waals surface area contributed by atoms with E-state index in [1.165, 1.54) is 64.4 Å². The smallest absolute Gasteiger partial charge is 0.0303 e. The third-order valence-corrected chi connectivity index (χ3v) is 5.34. The van der Waals surface area contributed by atoms with Crippen molar-refractivity contribution in [2.24, 2.45) is 11.8 Å². The number of piperazine rings is 1. The summed E-state index contributed by atoms with van der Waals surface area (Å²) in [5.41, 5.74) is 1.32. The maximum atomic E-state index is 4.25. The van der Waals surface area contributed by atoms with E-state index in [-0.39, 0.29) is 0 Å². The van der Waals surface area contributed by atoms with E-state index in [1.807, 2.05) is 0 Å². The molecule has 3 heteroatoms. The molecule has 0 aromatic carbocycles. The van der Waals surface area contributed by atoms with Gasteiger partial charge in [-0.1, -0.05) is 20.4 Å². The Morgan fingerprint density at radius 1 is 0.952 bits per heavy atom. The monoisotopic (exact) mass is 293 g/mol. The molecular weight excluding hydrogens is 258 g/mol. The zero-order valence-electron chi connectivity index (χ0n) is 14.6. The molecule has 2 saturated heterocycles. The molecule has 2 aliphatic rings. The van der Waals surface area contributed by atoms with E-state index in [9.17, 15) is 0 Å². The minimum atomic E-state index is 0.580. The van der Waals surface area contributed by atoms with Crippen molar-refractivity contribution in [2.75, 3.05) is 45.8 Å². The van der Waals surface area contributed by atoms with Crippen molar-refractivity contribution in [3.8, 4) is 0 Å². The van der Waals surface area contributed by atoms with Gasteiger partial charge in [-0.3, -0.25) is 4.90 Å². The van der Waals surface area contributed by atoms with Crippen LogP contribution in [0.3, 0.4) is 0 Å². The van der Waals surface area contributed by atoms with Crippen molar-refractivity contribution in [1.29, 1.82) is 0 Å². The van der Waals surface area contributed by atoms with Crippen molar-refractivity contribution < 1.29 is 0 Å². The van der Waals surface area contributed by atoms with E-state index in [0.717, 1.165) is 12.0 Å². The summed E-state index contributed by atoms with van der Waals surface area (Å²) in [6.07, 6.45) is 2.77.